The number of nitrogens with two attached hydrogens (primary N) is 1. The average molecular weight is 279 g/mol. The van der Waals surface area contributed by atoms with Crippen molar-refractivity contribution in [3.63, 3.8) is 0 Å². The van der Waals surface area contributed by atoms with Crippen LogP contribution >= 0.6 is 11.6 Å². The minimum Gasteiger partial charge on any atom is -0.397 e. The Hall–Kier alpha value is -2.07. The molecule has 0 heterocycles. The van der Waals surface area contributed by atoms with E-state index in [0.29, 0.717) is 10.7 Å². The van der Waals surface area contributed by atoms with Crippen LogP contribution in [0.1, 0.15) is 5.56 Å². The Morgan fingerprint density at radius 3 is 2.79 bits per heavy atom. The number of nitrogen functional groups attached to an aromatic ring is 1. The van der Waals surface area contributed by atoms with Crippen molar-refractivity contribution in [3.8, 4) is 0 Å². The fourth-order valence-electron chi connectivity index (χ4n) is 1.66. The van der Waals surface area contributed by atoms with Gasteiger partial charge in [0.1, 0.15) is 5.82 Å². The summed E-state index contributed by atoms with van der Waals surface area (Å²) >= 11 is 5.83. The molecular weight excluding hydrogens is 267 g/mol. The lowest BCUT2D eigenvalue weighted by atomic mass is 10.1. The summed E-state index contributed by atoms with van der Waals surface area (Å²) in [4.78, 5) is 11.8. The molecule has 2 aromatic carbocycles. The second kappa shape index (κ2) is 5.71. The van der Waals surface area contributed by atoms with Crippen molar-refractivity contribution in [1.29, 1.82) is 0 Å². The lowest BCUT2D eigenvalue weighted by Gasteiger charge is -2.08. The first kappa shape index (κ1) is 13.4. The zero-order valence-corrected chi connectivity index (χ0v) is 10.7. The van der Waals surface area contributed by atoms with Gasteiger partial charge in [-0.25, -0.2) is 4.39 Å². The van der Waals surface area contributed by atoms with Gasteiger partial charge < -0.3 is 11.1 Å². The molecule has 2 rings (SSSR count). The highest BCUT2D eigenvalue weighted by atomic mass is 35.5. The molecule has 0 aliphatic rings. The van der Waals surface area contributed by atoms with Gasteiger partial charge in [-0.3, -0.25) is 4.79 Å². The smallest absolute Gasteiger partial charge is 0.228 e. The van der Waals surface area contributed by atoms with E-state index >= 15 is 0 Å². The van der Waals surface area contributed by atoms with Gasteiger partial charge in [0.25, 0.3) is 0 Å². The molecule has 0 aliphatic carbocycles. The first-order chi connectivity index (χ1) is 9.04. The molecule has 0 aliphatic heterocycles. The van der Waals surface area contributed by atoms with Gasteiger partial charge in [0.2, 0.25) is 5.91 Å². The number of hydrogen-bond donors (Lipinski definition) is 2. The molecule has 0 bridgehead atoms. The Kier molecular flexibility index (Phi) is 4.02. The zero-order valence-electron chi connectivity index (χ0n) is 9.99. The van der Waals surface area contributed by atoms with Gasteiger partial charge >= 0.3 is 0 Å². The fraction of sp³-hybridized carbons (Fsp3) is 0.0714. The first-order valence-corrected chi connectivity index (χ1v) is 6.02. The second-order valence-electron chi connectivity index (χ2n) is 4.09. The quantitative estimate of drug-likeness (QED) is 0.847. The molecule has 98 valence electrons. The highest BCUT2D eigenvalue weighted by Gasteiger charge is 2.07. The Morgan fingerprint density at radius 1 is 1.26 bits per heavy atom. The van der Waals surface area contributed by atoms with Crippen LogP contribution in [0.4, 0.5) is 15.8 Å². The van der Waals surface area contributed by atoms with Gasteiger partial charge in [-0.15, -0.1) is 0 Å². The number of anilines is 2. The van der Waals surface area contributed by atoms with E-state index < -0.39 is 5.82 Å². The van der Waals surface area contributed by atoms with Crippen molar-refractivity contribution in [2.45, 2.75) is 6.42 Å². The molecule has 0 atom stereocenters. The van der Waals surface area contributed by atoms with Crippen LogP contribution in [0, 0.1) is 5.82 Å². The summed E-state index contributed by atoms with van der Waals surface area (Å²) in [6, 6.07) is 10.8. The van der Waals surface area contributed by atoms with E-state index in [-0.39, 0.29) is 18.0 Å². The van der Waals surface area contributed by atoms with E-state index in [0.717, 1.165) is 5.56 Å². The summed E-state index contributed by atoms with van der Waals surface area (Å²) in [7, 11) is 0. The minimum atomic E-state index is -0.452. The predicted octanol–water partition coefficient (Wildman–Crippen LogP) is 3.24. The summed E-state index contributed by atoms with van der Waals surface area (Å²) in [6.07, 6.45) is 0.149. The predicted molar refractivity (Wildman–Crippen MR) is 74.6 cm³/mol. The molecule has 3 N–H and O–H groups in total. The number of carbonyl (C=O) groups excluding carboxylic acids is 1. The number of halogens is 2. The SMILES string of the molecule is Nc1ccc(F)cc1NC(=O)Cc1cccc(Cl)c1. The number of carbonyl (C=O) groups is 1. The topological polar surface area (TPSA) is 55.1 Å². The number of rotatable bonds is 3. The minimum absolute atomic E-state index is 0.149. The van der Waals surface area contributed by atoms with Crippen LogP contribution in [0.5, 0.6) is 0 Å². The molecule has 0 spiro atoms. The molecule has 0 saturated carbocycles. The second-order valence-corrected chi connectivity index (χ2v) is 4.52. The number of hydrogen-bond acceptors (Lipinski definition) is 2. The Labute approximate surface area is 115 Å². The maximum Gasteiger partial charge on any atom is 0.228 e. The normalized spacial score (nSPS) is 10.2. The summed E-state index contributed by atoms with van der Waals surface area (Å²) in [5, 5.41) is 3.14. The largest absolute Gasteiger partial charge is 0.397 e. The number of amides is 1. The highest BCUT2D eigenvalue weighted by Crippen LogP contribution is 2.19. The Balaban J connectivity index is 2.07. The van der Waals surface area contributed by atoms with Gasteiger partial charge in [0.05, 0.1) is 17.8 Å². The molecule has 2 aromatic rings. The van der Waals surface area contributed by atoms with Crippen LogP contribution in [0.3, 0.4) is 0 Å². The van der Waals surface area contributed by atoms with Crippen LogP contribution < -0.4 is 11.1 Å². The van der Waals surface area contributed by atoms with Gasteiger partial charge in [-0.1, -0.05) is 23.7 Å². The molecule has 0 saturated heterocycles. The van der Waals surface area contributed by atoms with E-state index in [1.807, 2.05) is 0 Å². The molecule has 3 nitrogen and oxygen atoms in total. The van der Waals surface area contributed by atoms with E-state index in [1.54, 1.807) is 24.3 Å². The fourth-order valence-corrected chi connectivity index (χ4v) is 1.88. The van der Waals surface area contributed by atoms with Crippen molar-refractivity contribution in [3.05, 3.63) is 58.9 Å². The monoisotopic (exact) mass is 278 g/mol. The van der Waals surface area contributed by atoms with Crippen molar-refractivity contribution < 1.29 is 9.18 Å². The molecule has 0 radical (unpaired) electrons. The van der Waals surface area contributed by atoms with Crippen LogP contribution in [-0.4, -0.2) is 5.91 Å². The van der Waals surface area contributed by atoms with Crippen LogP contribution in [-0.2, 0) is 11.2 Å². The molecule has 0 aromatic heterocycles. The van der Waals surface area contributed by atoms with Crippen molar-refractivity contribution >= 4 is 28.9 Å². The molecule has 0 unspecified atom stereocenters. The maximum atomic E-state index is 13.1. The molecular formula is C14H12ClFN2O. The highest BCUT2D eigenvalue weighted by molar-refractivity contribution is 6.30. The van der Waals surface area contributed by atoms with Crippen molar-refractivity contribution in [2.24, 2.45) is 0 Å². The lowest BCUT2D eigenvalue weighted by Crippen LogP contribution is -2.15. The zero-order chi connectivity index (χ0) is 13.8. The molecule has 5 heteroatoms. The van der Waals surface area contributed by atoms with Crippen LogP contribution in [0.2, 0.25) is 5.02 Å². The summed E-state index contributed by atoms with van der Waals surface area (Å²) in [5.41, 5.74) is 7.02. The third-order valence-electron chi connectivity index (χ3n) is 2.54. The van der Waals surface area contributed by atoms with E-state index in [1.165, 1.54) is 18.2 Å². The van der Waals surface area contributed by atoms with Crippen LogP contribution in [0.25, 0.3) is 0 Å². The summed E-state index contributed by atoms with van der Waals surface area (Å²) < 4.78 is 13.1. The van der Waals surface area contributed by atoms with Gasteiger partial charge in [0, 0.05) is 5.02 Å². The van der Waals surface area contributed by atoms with Crippen LogP contribution in [0.15, 0.2) is 42.5 Å². The molecule has 0 fully saturated rings. The molecule has 1 amide bonds. The van der Waals surface area contributed by atoms with E-state index in [9.17, 15) is 9.18 Å². The van der Waals surface area contributed by atoms with Gasteiger partial charge in [-0.05, 0) is 35.9 Å². The summed E-state index contributed by atoms with van der Waals surface area (Å²) in [5.74, 6) is -0.730. The number of nitrogens with one attached hydrogen (secondary N) is 1. The Morgan fingerprint density at radius 2 is 2.05 bits per heavy atom. The van der Waals surface area contributed by atoms with E-state index in [2.05, 4.69) is 5.32 Å². The van der Waals surface area contributed by atoms with E-state index in [4.69, 9.17) is 17.3 Å². The first-order valence-electron chi connectivity index (χ1n) is 5.64. The third kappa shape index (κ3) is 3.69. The summed E-state index contributed by atoms with van der Waals surface area (Å²) in [6.45, 7) is 0. The van der Waals surface area contributed by atoms with Crippen molar-refractivity contribution in [1.82, 2.24) is 0 Å². The lowest BCUT2D eigenvalue weighted by molar-refractivity contribution is -0.115. The standard InChI is InChI=1S/C14H12ClFN2O/c15-10-3-1-2-9(6-10)7-14(19)18-13-8-11(16)4-5-12(13)17/h1-6,8H,7,17H2,(H,18,19). The number of benzene rings is 2. The third-order valence-corrected chi connectivity index (χ3v) is 2.78. The van der Waals surface area contributed by atoms with Gasteiger partial charge in [0.15, 0.2) is 0 Å². The Bertz CT molecular complexity index is 616. The maximum absolute atomic E-state index is 13.1. The van der Waals surface area contributed by atoms with Crippen molar-refractivity contribution in [2.75, 3.05) is 11.1 Å². The molecule has 19 heavy (non-hydrogen) atoms. The van der Waals surface area contributed by atoms with Gasteiger partial charge in [-0.2, -0.15) is 0 Å². The average Bonchev–Trinajstić information content (AvgIpc) is 2.34.